The normalized spacial score (nSPS) is 14.5. The molecule has 0 radical (unpaired) electrons. The monoisotopic (exact) mass is 407 g/mol. The van der Waals surface area contributed by atoms with Crippen molar-refractivity contribution >= 4 is 34.4 Å². The van der Waals surface area contributed by atoms with E-state index < -0.39 is 5.91 Å². The third-order valence-electron chi connectivity index (χ3n) is 4.96. The number of pyridine rings is 1. The molecule has 1 N–H and O–H groups in total. The molecule has 3 heterocycles. The lowest BCUT2D eigenvalue weighted by Gasteiger charge is -2.17. The maximum absolute atomic E-state index is 12.8. The van der Waals surface area contributed by atoms with Gasteiger partial charge in [0.05, 0.1) is 29.7 Å². The number of aromatic nitrogens is 3. The Bertz CT molecular complexity index is 1140. The number of carbonyl (C=O) groups is 2. The number of oxime groups is 1. The summed E-state index contributed by atoms with van der Waals surface area (Å²) in [6.45, 7) is 2.62. The van der Waals surface area contributed by atoms with Crippen LogP contribution in [0.5, 0.6) is 0 Å². The molecule has 0 unspecified atom stereocenters. The van der Waals surface area contributed by atoms with Crippen LogP contribution in [-0.4, -0.2) is 43.9 Å². The van der Waals surface area contributed by atoms with Gasteiger partial charge in [0.2, 0.25) is 0 Å². The molecule has 3 aromatic rings. The molecule has 0 atom stereocenters. The Morgan fingerprint density at radius 1 is 1.20 bits per heavy atom. The maximum Gasteiger partial charge on any atom is 0.302 e. The summed E-state index contributed by atoms with van der Waals surface area (Å²) in [5.74, 6) is 0.445. The second-order valence-electron chi connectivity index (χ2n) is 6.93. The summed E-state index contributed by atoms with van der Waals surface area (Å²) < 4.78 is 7.06. The van der Waals surface area contributed by atoms with Crippen molar-refractivity contribution < 1.29 is 19.5 Å². The summed E-state index contributed by atoms with van der Waals surface area (Å²) in [6, 6.07) is 11.2. The van der Waals surface area contributed by atoms with Crippen molar-refractivity contribution in [1.82, 2.24) is 14.5 Å². The number of amides is 1. The Morgan fingerprint density at radius 3 is 2.83 bits per heavy atom. The number of unbranched alkanes of at least 4 members (excludes halogenated alkanes) is 1. The van der Waals surface area contributed by atoms with Gasteiger partial charge in [0.1, 0.15) is 11.6 Å². The average molecular weight is 407 g/mol. The number of esters is 1. The molecule has 4 rings (SSSR count). The van der Waals surface area contributed by atoms with E-state index in [4.69, 9.17) is 9.72 Å². The second kappa shape index (κ2) is 8.32. The lowest BCUT2D eigenvalue weighted by atomic mass is 10.2. The number of aryl methyl sites for hydroxylation is 1. The standard InChI is InChI=1S/C21H21N5O4/c1-14(27)30-12-5-4-11-25-17-9-3-2-8-16(17)23-18(25)13-26-20-15(7-6-10-22-20)19(24-29)21(26)28/h2-3,6-10,29H,4-5,11-13H2,1H3. The van der Waals surface area contributed by atoms with E-state index >= 15 is 0 Å². The van der Waals surface area contributed by atoms with Gasteiger partial charge in [0.25, 0.3) is 5.91 Å². The maximum atomic E-state index is 12.8. The Kier molecular flexibility index (Phi) is 5.42. The number of hydrogen-bond acceptors (Lipinski definition) is 7. The van der Waals surface area contributed by atoms with Crippen molar-refractivity contribution in [3.63, 3.8) is 0 Å². The highest BCUT2D eigenvalue weighted by molar-refractivity contribution is 6.53. The molecule has 0 saturated carbocycles. The summed E-state index contributed by atoms with van der Waals surface area (Å²) in [6.07, 6.45) is 3.10. The summed E-state index contributed by atoms with van der Waals surface area (Å²) in [5, 5.41) is 12.5. The molecule has 1 aliphatic rings. The van der Waals surface area contributed by atoms with Crippen molar-refractivity contribution in [3.05, 3.63) is 54.0 Å². The first-order valence-electron chi connectivity index (χ1n) is 9.67. The number of fused-ring (bicyclic) bond motifs is 2. The number of hydrogen-bond donors (Lipinski definition) is 1. The Balaban J connectivity index is 1.61. The molecule has 0 fully saturated rings. The van der Waals surface area contributed by atoms with Gasteiger partial charge in [-0.15, -0.1) is 0 Å². The fourth-order valence-electron chi connectivity index (χ4n) is 3.60. The summed E-state index contributed by atoms with van der Waals surface area (Å²) in [4.78, 5) is 34.2. The number of ether oxygens (including phenoxy) is 1. The lowest BCUT2D eigenvalue weighted by Crippen LogP contribution is -2.31. The predicted octanol–water partition coefficient (Wildman–Crippen LogP) is 2.50. The third-order valence-corrected chi connectivity index (χ3v) is 4.96. The lowest BCUT2D eigenvalue weighted by molar-refractivity contribution is -0.141. The fourth-order valence-corrected chi connectivity index (χ4v) is 3.60. The zero-order valence-corrected chi connectivity index (χ0v) is 16.5. The minimum atomic E-state index is -0.417. The van der Waals surface area contributed by atoms with Gasteiger partial charge >= 0.3 is 5.97 Å². The molecule has 1 aromatic carbocycles. The zero-order chi connectivity index (χ0) is 21.1. The van der Waals surface area contributed by atoms with Crippen LogP contribution in [0, 0.1) is 0 Å². The number of rotatable bonds is 7. The van der Waals surface area contributed by atoms with E-state index in [1.807, 2.05) is 24.3 Å². The topological polar surface area (TPSA) is 110 Å². The molecule has 0 spiro atoms. The van der Waals surface area contributed by atoms with Gasteiger partial charge in [-0.3, -0.25) is 14.5 Å². The van der Waals surface area contributed by atoms with Crippen LogP contribution in [0.25, 0.3) is 11.0 Å². The van der Waals surface area contributed by atoms with E-state index in [1.165, 1.54) is 11.8 Å². The Hall–Kier alpha value is -3.75. The number of para-hydroxylation sites is 2. The van der Waals surface area contributed by atoms with E-state index in [0.717, 1.165) is 23.9 Å². The van der Waals surface area contributed by atoms with Crippen LogP contribution in [0.4, 0.5) is 5.82 Å². The predicted molar refractivity (Wildman–Crippen MR) is 109 cm³/mol. The first-order chi connectivity index (χ1) is 14.6. The molecule has 9 nitrogen and oxygen atoms in total. The quantitative estimate of drug-likeness (QED) is 0.279. The smallest absolute Gasteiger partial charge is 0.302 e. The Labute approximate surface area is 172 Å². The van der Waals surface area contributed by atoms with Crippen LogP contribution in [0.1, 0.15) is 31.2 Å². The first kappa shape index (κ1) is 19.6. The average Bonchev–Trinajstić information content (AvgIpc) is 3.22. The van der Waals surface area contributed by atoms with Crippen molar-refractivity contribution in [2.45, 2.75) is 32.9 Å². The SMILES string of the molecule is CC(=O)OCCCCn1c(CN2C(=O)C(=NO)c3cccnc32)nc2ccccc21. The van der Waals surface area contributed by atoms with E-state index in [2.05, 4.69) is 14.7 Å². The van der Waals surface area contributed by atoms with E-state index in [0.29, 0.717) is 30.4 Å². The van der Waals surface area contributed by atoms with Gasteiger partial charge in [-0.2, -0.15) is 0 Å². The van der Waals surface area contributed by atoms with Gasteiger partial charge in [-0.1, -0.05) is 17.3 Å². The minimum absolute atomic E-state index is 0.0258. The highest BCUT2D eigenvalue weighted by Gasteiger charge is 2.36. The number of carbonyl (C=O) groups excluding carboxylic acids is 2. The summed E-state index contributed by atoms with van der Waals surface area (Å²) >= 11 is 0. The van der Waals surface area contributed by atoms with E-state index in [-0.39, 0.29) is 18.2 Å². The largest absolute Gasteiger partial charge is 0.466 e. The molecule has 30 heavy (non-hydrogen) atoms. The summed E-state index contributed by atoms with van der Waals surface area (Å²) in [7, 11) is 0. The van der Waals surface area contributed by atoms with Crippen LogP contribution >= 0.6 is 0 Å². The molecular formula is C21H21N5O4. The van der Waals surface area contributed by atoms with Crippen molar-refractivity contribution in [1.29, 1.82) is 0 Å². The molecule has 0 saturated heterocycles. The Morgan fingerprint density at radius 2 is 2.03 bits per heavy atom. The third kappa shape index (κ3) is 3.61. The molecule has 1 aliphatic heterocycles. The van der Waals surface area contributed by atoms with Crippen LogP contribution in [0.2, 0.25) is 0 Å². The first-order valence-corrected chi connectivity index (χ1v) is 9.67. The number of imidazole rings is 1. The van der Waals surface area contributed by atoms with Gasteiger partial charge in [-0.05, 0) is 37.1 Å². The minimum Gasteiger partial charge on any atom is -0.466 e. The highest BCUT2D eigenvalue weighted by atomic mass is 16.5. The number of benzene rings is 1. The van der Waals surface area contributed by atoms with E-state index in [9.17, 15) is 14.8 Å². The van der Waals surface area contributed by atoms with Crippen LogP contribution < -0.4 is 4.90 Å². The second-order valence-corrected chi connectivity index (χ2v) is 6.93. The summed E-state index contributed by atoms with van der Waals surface area (Å²) in [5.41, 5.74) is 2.26. The van der Waals surface area contributed by atoms with Crippen molar-refractivity contribution in [3.8, 4) is 0 Å². The number of anilines is 1. The van der Waals surface area contributed by atoms with Gasteiger partial charge in [0, 0.05) is 19.7 Å². The molecule has 0 bridgehead atoms. The molecular weight excluding hydrogens is 386 g/mol. The van der Waals surface area contributed by atoms with E-state index in [1.54, 1.807) is 18.3 Å². The molecule has 2 aromatic heterocycles. The zero-order valence-electron chi connectivity index (χ0n) is 16.5. The molecule has 0 aliphatic carbocycles. The van der Waals surface area contributed by atoms with Gasteiger partial charge in [-0.25, -0.2) is 9.97 Å². The molecule has 9 heteroatoms. The number of nitrogens with zero attached hydrogens (tertiary/aromatic N) is 5. The highest BCUT2D eigenvalue weighted by Crippen LogP contribution is 2.29. The molecule has 154 valence electrons. The van der Waals surface area contributed by atoms with Crippen LogP contribution in [0.15, 0.2) is 47.8 Å². The van der Waals surface area contributed by atoms with Crippen LogP contribution in [-0.2, 0) is 27.4 Å². The van der Waals surface area contributed by atoms with Crippen molar-refractivity contribution in [2.75, 3.05) is 11.5 Å². The molecule has 1 amide bonds. The fraction of sp³-hybridized carbons (Fsp3) is 0.286. The van der Waals surface area contributed by atoms with Crippen molar-refractivity contribution in [2.24, 2.45) is 5.16 Å². The van der Waals surface area contributed by atoms with Gasteiger partial charge in [0.15, 0.2) is 5.71 Å². The van der Waals surface area contributed by atoms with Crippen LogP contribution in [0.3, 0.4) is 0 Å². The van der Waals surface area contributed by atoms with Gasteiger partial charge < -0.3 is 14.5 Å².